The lowest BCUT2D eigenvalue weighted by molar-refractivity contribution is 0.225. The van der Waals surface area contributed by atoms with Crippen molar-refractivity contribution in [1.82, 2.24) is 5.17 Å². The summed E-state index contributed by atoms with van der Waals surface area (Å²) in [7, 11) is 0. The van der Waals surface area contributed by atoms with Crippen LogP contribution in [0.4, 0.5) is 4.79 Å². The van der Waals surface area contributed by atoms with Gasteiger partial charge in [0.15, 0.2) is 0 Å². The molecule has 0 unspecified atom stereocenters. The molecule has 0 spiro atoms. The Labute approximate surface area is 34.1 Å². The highest BCUT2D eigenvalue weighted by molar-refractivity contribution is 5.71. The van der Waals surface area contributed by atoms with Crippen LogP contribution in [0.2, 0.25) is 0 Å². The SMILES string of the molecule is NC(=O)N(N)[O-]. The maximum absolute atomic E-state index is 9.41. The standard InChI is InChI=1S/CH4N3O2/c2-1(5)4(3)6/h3H2,(H2,2,5)/q-1. The number of carbonyl (C=O) groups is 1. The first kappa shape index (κ1) is 5.19. The van der Waals surface area contributed by atoms with E-state index in [1.54, 1.807) is 0 Å². The van der Waals surface area contributed by atoms with Crippen LogP contribution in [0.5, 0.6) is 0 Å². The Balaban J connectivity index is 3.26. The molecule has 5 nitrogen and oxygen atoms in total. The second-order valence-corrected chi connectivity index (χ2v) is 0.664. The van der Waals surface area contributed by atoms with Crippen molar-refractivity contribution in [3.8, 4) is 0 Å². The van der Waals surface area contributed by atoms with Gasteiger partial charge in [-0.15, -0.1) is 0 Å². The molecule has 0 heterocycles. The smallest absolute Gasteiger partial charge is 0.318 e. The van der Waals surface area contributed by atoms with Crippen molar-refractivity contribution in [2.45, 2.75) is 0 Å². The predicted molar refractivity (Wildman–Crippen MR) is 19.0 cm³/mol. The number of hydrogen-bond donors (Lipinski definition) is 2. The van der Waals surface area contributed by atoms with Gasteiger partial charge in [-0.3, -0.25) is 5.84 Å². The number of carbonyl (C=O) groups excluding carboxylic acids is 1. The van der Waals surface area contributed by atoms with Gasteiger partial charge in [0.2, 0.25) is 0 Å². The largest absolute Gasteiger partial charge is 0.740 e. The zero-order chi connectivity index (χ0) is 5.15. The van der Waals surface area contributed by atoms with Crippen molar-refractivity contribution >= 4 is 6.03 Å². The molecule has 5 heteroatoms. The highest BCUT2D eigenvalue weighted by Gasteiger charge is 1.81. The van der Waals surface area contributed by atoms with Gasteiger partial charge >= 0.3 is 6.03 Å². The maximum atomic E-state index is 9.41. The highest BCUT2D eigenvalue weighted by Crippen LogP contribution is 1.62. The highest BCUT2D eigenvalue weighted by atomic mass is 16.5. The normalized spacial score (nSPS) is 7.67. The van der Waals surface area contributed by atoms with Crippen LogP contribution >= 0.6 is 0 Å². The van der Waals surface area contributed by atoms with Crippen molar-refractivity contribution in [3.05, 3.63) is 5.21 Å². The Morgan fingerprint density at radius 3 is 2.00 bits per heavy atom. The zero-order valence-electron chi connectivity index (χ0n) is 2.92. The molecular formula is CH4N3O2-. The number of nitrogens with zero attached hydrogens (tertiary/aromatic N) is 1. The Bertz CT molecular complexity index is 59.8. The number of hydrogen-bond acceptors (Lipinski definition) is 3. The summed E-state index contributed by atoms with van der Waals surface area (Å²) in [5.41, 5.74) is 4.28. The van der Waals surface area contributed by atoms with Gasteiger partial charge in [-0.1, -0.05) is 0 Å². The second kappa shape index (κ2) is 1.58. The quantitative estimate of drug-likeness (QED) is 0.221. The van der Waals surface area contributed by atoms with Gasteiger partial charge in [-0.2, -0.15) is 0 Å². The van der Waals surface area contributed by atoms with E-state index in [9.17, 15) is 10.0 Å². The van der Waals surface area contributed by atoms with E-state index < -0.39 is 11.2 Å². The van der Waals surface area contributed by atoms with Gasteiger partial charge in [-0.25, -0.2) is 4.79 Å². The summed E-state index contributed by atoms with van der Waals surface area (Å²) in [6.07, 6.45) is 0. The van der Waals surface area contributed by atoms with E-state index in [1.807, 2.05) is 0 Å². The molecule has 0 saturated carbocycles. The first-order chi connectivity index (χ1) is 2.64. The molecule has 0 aliphatic rings. The van der Waals surface area contributed by atoms with Crippen LogP contribution in [0, 0.1) is 5.21 Å². The fourth-order valence-corrected chi connectivity index (χ4v) is 0. The number of primary amides is 1. The Morgan fingerprint density at radius 2 is 2.00 bits per heavy atom. The van der Waals surface area contributed by atoms with Crippen LogP contribution in [0.15, 0.2) is 0 Å². The summed E-state index contributed by atoms with van der Waals surface area (Å²) < 4.78 is 0. The number of rotatable bonds is 0. The number of hydrazine groups is 1. The lowest BCUT2D eigenvalue weighted by Gasteiger charge is -2.16. The van der Waals surface area contributed by atoms with Crippen LogP contribution in [0.3, 0.4) is 0 Å². The number of amides is 2. The van der Waals surface area contributed by atoms with E-state index in [-0.39, 0.29) is 0 Å². The fourth-order valence-electron chi connectivity index (χ4n) is 0. The monoisotopic (exact) mass is 90.0 g/mol. The lowest BCUT2D eigenvalue weighted by Crippen LogP contribution is -2.35. The van der Waals surface area contributed by atoms with Gasteiger partial charge in [0.25, 0.3) is 0 Å². The minimum Gasteiger partial charge on any atom is -0.740 e. The van der Waals surface area contributed by atoms with Crippen molar-refractivity contribution in [1.29, 1.82) is 0 Å². The van der Waals surface area contributed by atoms with E-state index in [4.69, 9.17) is 0 Å². The number of hydroxylamine groups is 1. The molecule has 0 saturated heterocycles. The summed E-state index contributed by atoms with van der Waals surface area (Å²) in [6.45, 7) is 0. The molecule has 0 aromatic rings. The molecule has 6 heavy (non-hydrogen) atoms. The minimum absolute atomic E-state index is 0.444. The van der Waals surface area contributed by atoms with Crippen LogP contribution in [0.1, 0.15) is 0 Å². The zero-order valence-corrected chi connectivity index (χ0v) is 2.92. The molecule has 0 fully saturated rings. The van der Waals surface area contributed by atoms with Gasteiger partial charge in [-0.05, 0) is 0 Å². The lowest BCUT2D eigenvalue weighted by atomic mass is 11.1. The topological polar surface area (TPSA) is 95.4 Å². The fraction of sp³-hybridized carbons (Fsp3) is 0. The third-order valence-electron chi connectivity index (χ3n) is 0.217. The summed E-state index contributed by atoms with van der Waals surface area (Å²) in [4.78, 5) is 9.41. The second-order valence-electron chi connectivity index (χ2n) is 0.664. The molecule has 36 valence electrons. The maximum Gasteiger partial charge on any atom is 0.318 e. The van der Waals surface area contributed by atoms with E-state index in [0.29, 0.717) is 0 Å². The minimum atomic E-state index is -1.19. The molecule has 0 aliphatic carbocycles. The molecule has 0 aromatic heterocycles. The van der Waals surface area contributed by atoms with Crippen LogP contribution in [-0.4, -0.2) is 11.2 Å². The molecule has 2 amide bonds. The molecule has 0 radical (unpaired) electrons. The number of urea groups is 1. The average Bonchev–Trinajstić information content (AvgIpc) is 1.36. The molecule has 4 N–H and O–H groups in total. The van der Waals surface area contributed by atoms with Crippen LogP contribution in [0.25, 0.3) is 0 Å². The van der Waals surface area contributed by atoms with Gasteiger partial charge < -0.3 is 16.1 Å². The van der Waals surface area contributed by atoms with Gasteiger partial charge in [0, 0.05) is 0 Å². The first-order valence-corrected chi connectivity index (χ1v) is 1.16. The third-order valence-corrected chi connectivity index (χ3v) is 0.217. The van der Waals surface area contributed by atoms with Crippen molar-refractivity contribution < 1.29 is 4.79 Å². The van der Waals surface area contributed by atoms with Crippen molar-refractivity contribution in [2.24, 2.45) is 11.6 Å². The Hall–Kier alpha value is -0.810. The van der Waals surface area contributed by atoms with E-state index in [2.05, 4.69) is 11.6 Å². The Morgan fingerprint density at radius 1 is 1.83 bits per heavy atom. The van der Waals surface area contributed by atoms with E-state index in [0.717, 1.165) is 0 Å². The molecule has 0 aromatic carbocycles. The third kappa shape index (κ3) is 1.50. The van der Waals surface area contributed by atoms with Crippen LogP contribution < -0.4 is 11.6 Å². The van der Waals surface area contributed by atoms with Gasteiger partial charge in [0.05, 0.1) is 0 Å². The first-order valence-electron chi connectivity index (χ1n) is 1.16. The molecule has 0 aliphatic heterocycles. The predicted octanol–water partition coefficient (Wildman–Crippen LogP) is -1.26. The van der Waals surface area contributed by atoms with Crippen LogP contribution in [-0.2, 0) is 0 Å². The molecule has 0 bridgehead atoms. The van der Waals surface area contributed by atoms with Gasteiger partial charge in [0.1, 0.15) is 0 Å². The van der Waals surface area contributed by atoms with Crippen molar-refractivity contribution in [3.63, 3.8) is 0 Å². The van der Waals surface area contributed by atoms with Crippen molar-refractivity contribution in [2.75, 3.05) is 0 Å². The Kier molecular flexibility index (Phi) is 1.37. The van der Waals surface area contributed by atoms with E-state index in [1.165, 1.54) is 0 Å². The average molecular weight is 90.1 g/mol. The molecule has 0 atom stereocenters. The summed E-state index contributed by atoms with van der Waals surface area (Å²) in [6, 6.07) is -1.19. The summed E-state index contributed by atoms with van der Waals surface area (Å²) >= 11 is 0. The molecule has 0 rings (SSSR count). The molecular weight excluding hydrogens is 86.0 g/mol. The number of nitrogens with two attached hydrogens (primary N) is 2. The summed E-state index contributed by atoms with van der Waals surface area (Å²) in [5, 5.41) is 8.92. The summed E-state index contributed by atoms with van der Waals surface area (Å²) in [5.74, 6) is 4.24. The van der Waals surface area contributed by atoms with E-state index >= 15 is 0 Å².